The summed E-state index contributed by atoms with van der Waals surface area (Å²) < 4.78 is 0. The Balaban J connectivity index is 3.00. The van der Waals surface area contributed by atoms with E-state index in [1.807, 2.05) is 0 Å². The molecule has 0 saturated heterocycles. The summed E-state index contributed by atoms with van der Waals surface area (Å²) >= 11 is 0. The highest BCUT2D eigenvalue weighted by Crippen LogP contribution is 1.94. The number of aliphatic hydroxyl groups excluding tert-OH is 1. The molecule has 74 valence electrons. The fourth-order valence-electron chi connectivity index (χ4n) is 0.838. The number of unbranched alkanes of at least 4 members (excludes halogenated alkanes) is 1. The monoisotopic (exact) mass is 176 g/mol. The van der Waals surface area contributed by atoms with Gasteiger partial charge in [0.1, 0.15) is 12.5 Å². The van der Waals surface area contributed by atoms with Gasteiger partial charge >= 0.3 is 0 Å². The first kappa shape index (κ1) is 11.8. The molecule has 5 nitrogen and oxygen atoms in total. The van der Waals surface area contributed by atoms with Crippen LogP contribution in [0.3, 0.4) is 0 Å². The van der Waals surface area contributed by atoms with Crippen LogP contribution in [0.5, 0.6) is 0 Å². The highest BCUT2D eigenvalue weighted by Gasteiger charge is 1.97. The minimum absolute atomic E-state index is 0.146. The van der Waals surface area contributed by atoms with Crippen LogP contribution in [-0.4, -0.2) is 31.2 Å². The quantitative estimate of drug-likeness (QED) is 0.240. The van der Waals surface area contributed by atoms with E-state index in [4.69, 9.17) is 16.6 Å². The lowest BCUT2D eigenvalue weighted by atomic mass is 10.2. The van der Waals surface area contributed by atoms with Gasteiger partial charge in [0.25, 0.3) is 0 Å². The number of nitrogens with two attached hydrogens (primary N) is 2. The minimum Gasteiger partial charge on any atom is -0.379 e. The van der Waals surface area contributed by atoms with Crippen molar-refractivity contribution in [2.75, 3.05) is 13.6 Å². The maximum Gasteiger partial charge on any atom is 0.109 e. The molecular formula is C7H20N4O. The minimum atomic E-state index is -0.678. The van der Waals surface area contributed by atoms with Crippen molar-refractivity contribution in [2.45, 2.75) is 31.8 Å². The molecule has 0 heterocycles. The van der Waals surface area contributed by atoms with Crippen LogP contribution < -0.4 is 22.1 Å². The first-order valence-corrected chi connectivity index (χ1v) is 4.26. The molecule has 0 aliphatic rings. The molecular weight excluding hydrogens is 156 g/mol. The molecule has 0 radical (unpaired) electrons. The van der Waals surface area contributed by atoms with Gasteiger partial charge in [-0.1, -0.05) is 0 Å². The second kappa shape index (κ2) is 7.45. The molecule has 0 aromatic rings. The molecule has 0 aromatic heterocycles. The van der Waals surface area contributed by atoms with Crippen LogP contribution in [0.25, 0.3) is 0 Å². The maximum atomic E-state index is 8.73. The van der Waals surface area contributed by atoms with Gasteiger partial charge in [-0.15, -0.1) is 0 Å². The predicted octanol–water partition coefficient (Wildman–Crippen LogP) is -1.51. The zero-order chi connectivity index (χ0) is 9.40. The van der Waals surface area contributed by atoms with Crippen LogP contribution >= 0.6 is 0 Å². The Morgan fingerprint density at radius 1 is 1.33 bits per heavy atom. The lowest BCUT2D eigenvalue weighted by molar-refractivity contribution is 0.168. The Bertz CT molecular complexity index is 99.4. The molecule has 0 aromatic carbocycles. The third kappa shape index (κ3) is 7.90. The van der Waals surface area contributed by atoms with Gasteiger partial charge in [0, 0.05) is 0 Å². The number of hydrogen-bond donors (Lipinski definition) is 5. The molecule has 0 rings (SSSR count). The standard InChI is InChI=1S/C7H20N4O/c1-10-7(9)11-5-3-2-4-6(8)12/h6-7,10-12H,2-5,8-9H2,1H3. The van der Waals surface area contributed by atoms with E-state index in [0.717, 1.165) is 19.4 Å². The molecule has 0 bridgehead atoms. The topological polar surface area (TPSA) is 96.3 Å². The summed E-state index contributed by atoms with van der Waals surface area (Å²) in [5.41, 5.74) is 10.7. The summed E-state index contributed by atoms with van der Waals surface area (Å²) in [4.78, 5) is 0. The SMILES string of the molecule is CNC(N)NCCCCC(N)O. The molecule has 0 aliphatic heterocycles. The normalized spacial score (nSPS) is 16.0. The van der Waals surface area contributed by atoms with Gasteiger partial charge in [0.2, 0.25) is 0 Å². The summed E-state index contributed by atoms with van der Waals surface area (Å²) in [7, 11) is 1.79. The summed E-state index contributed by atoms with van der Waals surface area (Å²) in [6.45, 7) is 0.842. The van der Waals surface area contributed by atoms with Crippen molar-refractivity contribution in [1.82, 2.24) is 10.6 Å². The Labute approximate surface area is 73.5 Å². The van der Waals surface area contributed by atoms with E-state index in [2.05, 4.69) is 10.6 Å². The zero-order valence-electron chi connectivity index (χ0n) is 7.59. The van der Waals surface area contributed by atoms with Gasteiger partial charge in [0.15, 0.2) is 0 Å². The molecule has 0 aliphatic carbocycles. The van der Waals surface area contributed by atoms with Crippen molar-refractivity contribution in [1.29, 1.82) is 0 Å². The van der Waals surface area contributed by atoms with Gasteiger partial charge in [-0.3, -0.25) is 10.6 Å². The Morgan fingerprint density at radius 2 is 2.00 bits per heavy atom. The smallest absolute Gasteiger partial charge is 0.109 e. The van der Waals surface area contributed by atoms with Gasteiger partial charge in [0.05, 0.1) is 0 Å². The van der Waals surface area contributed by atoms with E-state index in [1.54, 1.807) is 7.05 Å². The average molecular weight is 176 g/mol. The molecule has 12 heavy (non-hydrogen) atoms. The van der Waals surface area contributed by atoms with Crippen molar-refractivity contribution >= 4 is 0 Å². The molecule has 7 N–H and O–H groups in total. The average Bonchev–Trinajstić information content (AvgIpc) is 2.03. The van der Waals surface area contributed by atoms with E-state index in [-0.39, 0.29) is 6.29 Å². The van der Waals surface area contributed by atoms with Crippen molar-refractivity contribution < 1.29 is 5.11 Å². The third-order valence-electron chi connectivity index (χ3n) is 1.60. The van der Waals surface area contributed by atoms with E-state index in [0.29, 0.717) is 6.42 Å². The first-order chi connectivity index (χ1) is 5.66. The van der Waals surface area contributed by atoms with E-state index in [1.165, 1.54) is 0 Å². The second-order valence-electron chi connectivity index (χ2n) is 2.78. The van der Waals surface area contributed by atoms with Gasteiger partial charge < -0.3 is 16.6 Å². The largest absolute Gasteiger partial charge is 0.379 e. The third-order valence-corrected chi connectivity index (χ3v) is 1.60. The molecule has 0 spiro atoms. The van der Waals surface area contributed by atoms with Gasteiger partial charge in [-0.25, -0.2) is 0 Å². The number of hydrogen-bond acceptors (Lipinski definition) is 5. The Hall–Kier alpha value is -0.200. The van der Waals surface area contributed by atoms with Crippen molar-refractivity contribution in [2.24, 2.45) is 11.5 Å². The van der Waals surface area contributed by atoms with E-state index in [9.17, 15) is 0 Å². The fraction of sp³-hybridized carbons (Fsp3) is 1.00. The van der Waals surface area contributed by atoms with Crippen molar-refractivity contribution in [3.8, 4) is 0 Å². The molecule has 0 saturated carbocycles. The number of rotatable bonds is 7. The summed E-state index contributed by atoms with van der Waals surface area (Å²) in [5.74, 6) is 0. The first-order valence-electron chi connectivity index (χ1n) is 4.26. The highest BCUT2D eigenvalue weighted by molar-refractivity contribution is 4.54. The number of aliphatic hydroxyl groups is 1. The van der Waals surface area contributed by atoms with Crippen LogP contribution in [0.1, 0.15) is 19.3 Å². The molecule has 2 unspecified atom stereocenters. The van der Waals surface area contributed by atoms with Crippen LogP contribution in [0.2, 0.25) is 0 Å². The highest BCUT2D eigenvalue weighted by atomic mass is 16.3. The van der Waals surface area contributed by atoms with Crippen molar-refractivity contribution in [3.05, 3.63) is 0 Å². The molecule has 0 fully saturated rings. The van der Waals surface area contributed by atoms with Crippen LogP contribution in [-0.2, 0) is 0 Å². The lowest BCUT2D eigenvalue weighted by Gasteiger charge is -2.12. The van der Waals surface area contributed by atoms with Crippen LogP contribution in [0, 0.1) is 0 Å². The Kier molecular flexibility index (Phi) is 7.33. The van der Waals surface area contributed by atoms with Crippen LogP contribution in [0.15, 0.2) is 0 Å². The molecule has 5 heteroatoms. The van der Waals surface area contributed by atoms with E-state index < -0.39 is 6.23 Å². The van der Waals surface area contributed by atoms with E-state index >= 15 is 0 Å². The van der Waals surface area contributed by atoms with Gasteiger partial charge in [-0.2, -0.15) is 0 Å². The Morgan fingerprint density at radius 3 is 2.50 bits per heavy atom. The number of nitrogens with one attached hydrogen (secondary N) is 2. The summed E-state index contributed by atoms with van der Waals surface area (Å²) in [6.07, 6.45) is 1.72. The zero-order valence-corrected chi connectivity index (χ0v) is 7.59. The fourth-order valence-corrected chi connectivity index (χ4v) is 0.838. The molecule has 0 amide bonds. The summed E-state index contributed by atoms with van der Waals surface area (Å²) in [5, 5.41) is 14.6. The van der Waals surface area contributed by atoms with Gasteiger partial charge in [-0.05, 0) is 32.9 Å². The van der Waals surface area contributed by atoms with Crippen LogP contribution in [0.4, 0.5) is 0 Å². The second-order valence-corrected chi connectivity index (χ2v) is 2.78. The molecule has 2 atom stereocenters. The van der Waals surface area contributed by atoms with Crippen molar-refractivity contribution in [3.63, 3.8) is 0 Å². The predicted molar refractivity (Wildman–Crippen MR) is 49.1 cm³/mol. The lowest BCUT2D eigenvalue weighted by Crippen LogP contribution is -2.47. The maximum absolute atomic E-state index is 8.73. The summed E-state index contributed by atoms with van der Waals surface area (Å²) in [6, 6.07) is 0.